The zero-order valence-corrected chi connectivity index (χ0v) is 15.2. The SMILES string of the molecule is CCOC(OCC)(OCC)C(C)CCCCc1ccc(F)cc1F. The fourth-order valence-electron chi connectivity index (χ4n) is 2.82. The summed E-state index contributed by atoms with van der Waals surface area (Å²) in [4.78, 5) is 0. The fourth-order valence-corrected chi connectivity index (χ4v) is 2.82. The van der Waals surface area contributed by atoms with Gasteiger partial charge in [-0.25, -0.2) is 8.78 Å². The van der Waals surface area contributed by atoms with Crippen LogP contribution in [0.2, 0.25) is 0 Å². The molecule has 1 aromatic rings. The molecule has 0 aliphatic heterocycles. The molecular formula is C19H30F2O3. The van der Waals surface area contributed by atoms with Crippen molar-refractivity contribution >= 4 is 0 Å². The minimum absolute atomic E-state index is 0.0513. The first-order chi connectivity index (χ1) is 11.5. The normalized spacial score (nSPS) is 13.2. The highest BCUT2D eigenvalue weighted by atomic mass is 19.1. The van der Waals surface area contributed by atoms with Gasteiger partial charge in [0.1, 0.15) is 11.6 Å². The van der Waals surface area contributed by atoms with Crippen molar-refractivity contribution in [2.24, 2.45) is 5.92 Å². The Morgan fingerprint density at radius 2 is 1.54 bits per heavy atom. The second-order valence-corrected chi connectivity index (χ2v) is 5.79. The summed E-state index contributed by atoms with van der Waals surface area (Å²) in [5.41, 5.74) is 0.551. The van der Waals surface area contributed by atoms with Gasteiger partial charge >= 0.3 is 0 Å². The molecule has 1 atom stereocenters. The van der Waals surface area contributed by atoms with Gasteiger partial charge in [-0.3, -0.25) is 0 Å². The molecule has 0 saturated heterocycles. The third kappa shape index (κ3) is 6.11. The van der Waals surface area contributed by atoms with Gasteiger partial charge in [0.15, 0.2) is 0 Å². The molecule has 0 bridgehead atoms. The third-order valence-corrected chi connectivity index (χ3v) is 3.99. The molecule has 0 aliphatic rings. The standard InChI is InChI=1S/C19H30F2O3/c1-5-22-19(23-6-2,24-7-3)15(4)10-8-9-11-16-12-13-17(20)14-18(16)21/h12-15H,5-11H2,1-4H3. The average Bonchev–Trinajstić information content (AvgIpc) is 2.53. The van der Waals surface area contributed by atoms with E-state index in [1.165, 1.54) is 12.1 Å². The molecule has 0 radical (unpaired) electrons. The van der Waals surface area contributed by atoms with Gasteiger partial charge in [-0.2, -0.15) is 0 Å². The molecule has 1 rings (SSSR count). The van der Waals surface area contributed by atoms with Crippen LogP contribution < -0.4 is 0 Å². The summed E-state index contributed by atoms with van der Waals surface area (Å²) < 4.78 is 43.9. The van der Waals surface area contributed by atoms with Gasteiger partial charge in [0.2, 0.25) is 0 Å². The van der Waals surface area contributed by atoms with Crippen LogP contribution in [0.25, 0.3) is 0 Å². The Kier molecular flexibility index (Phi) is 9.41. The molecule has 3 nitrogen and oxygen atoms in total. The molecule has 5 heteroatoms. The predicted octanol–water partition coefficient (Wildman–Crippen LogP) is 5.08. The van der Waals surface area contributed by atoms with E-state index in [1.54, 1.807) is 0 Å². The number of benzene rings is 1. The quantitative estimate of drug-likeness (QED) is 0.391. The highest BCUT2D eigenvalue weighted by molar-refractivity contribution is 5.18. The monoisotopic (exact) mass is 344 g/mol. The molecule has 0 heterocycles. The molecule has 1 unspecified atom stereocenters. The summed E-state index contributed by atoms with van der Waals surface area (Å²) in [6, 6.07) is 3.74. The van der Waals surface area contributed by atoms with Crippen LogP contribution in [0.1, 0.15) is 52.5 Å². The van der Waals surface area contributed by atoms with Gasteiger partial charge in [0.25, 0.3) is 5.97 Å². The van der Waals surface area contributed by atoms with Crippen molar-refractivity contribution in [2.45, 2.75) is 59.4 Å². The Morgan fingerprint density at radius 3 is 2.04 bits per heavy atom. The fraction of sp³-hybridized carbons (Fsp3) is 0.684. The molecule has 0 saturated carbocycles. The van der Waals surface area contributed by atoms with E-state index in [4.69, 9.17) is 14.2 Å². The summed E-state index contributed by atoms with van der Waals surface area (Å²) in [6.07, 6.45) is 3.12. The molecule has 0 amide bonds. The number of hydrogen-bond acceptors (Lipinski definition) is 3. The number of halogens is 2. The molecule has 138 valence electrons. The molecule has 0 aliphatic carbocycles. The van der Waals surface area contributed by atoms with Crippen LogP contribution >= 0.6 is 0 Å². The lowest BCUT2D eigenvalue weighted by Crippen LogP contribution is -2.45. The van der Waals surface area contributed by atoms with Crippen molar-refractivity contribution in [1.82, 2.24) is 0 Å². The Hall–Kier alpha value is -1.04. The first-order valence-electron chi connectivity index (χ1n) is 8.84. The maximum Gasteiger partial charge on any atom is 0.285 e. The highest BCUT2D eigenvalue weighted by Crippen LogP contribution is 2.30. The first kappa shape index (κ1) is 21.0. The van der Waals surface area contributed by atoms with Crippen LogP contribution in [0.3, 0.4) is 0 Å². The summed E-state index contributed by atoms with van der Waals surface area (Å²) in [5, 5.41) is 0. The van der Waals surface area contributed by atoms with Gasteiger partial charge in [0.05, 0.1) is 0 Å². The van der Waals surface area contributed by atoms with Gasteiger partial charge in [-0.15, -0.1) is 0 Å². The van der Waals surface area contributed by atoms with Gasteiger partial charge in [-0.1, -0.05) is 19.4 Å². The van der Waals surface area contributed by atoms with E-state index in [9.17, 15) is 8.78 Å². The second-order valence-electron chi connectivity index (χ2n) is 5.79. The predicted molar refractivity (Wildman–Crippen MR) is 90.7 cm³/mol. The molecule has 24 heavy (non-hydrogen) atoms. The first-order valence-corrected chi connectivity index (χ1v) is 8.84. The summed E-state index contributed by atoms with van der Waals surface area (Å²) in [5.74, 6) is -1.98. The molecule has 0 N–H and O–H groups in total. The van der Waals surface area contributed by atoms with E-state index in [2.05, 4.69) is 0 Å². The highest BCUT2D eigenvalue weighted by Gasteiger charge is 2.38. The van der Waals surface area contributed by atoms with Crippen molar-refractivity contribution in [3.05, 3.63) is 35.4 Å². The largest absolute Gasteiger partial charge is 0.328 e. The number of ether oxygens (including phenoxy) is 3. The lowest BCUT2D eigenvalue weighted by Gasteiger charge is -2.37. The van der Waals surface area contributed by atoms with Crippen molar-refractivity contribution in [3.63, 3.8) is 0 Å². The average molecular weight is 344 g/mol. The summed E-state index contributed by atoms with van der Waals surface area (Å²) in [7, 11) is 0. The van der Waals surface area contributed by atoms with Crippen LogP contribution in [-0.4, -0.2) is 25.8 Å². The van der Waals surface area contributed by atoms with Crippen LogP contribution in [-0.2, 0) is 20.6 Å². The Labute approximate surface area is 144 Å². The summed E-state index contributed by atoms with van der Waals surface area (Å²) in [6.45, 7) is 9.30. The van der Waals surface area contributed by atoms with E-state index in [-0.39, 0.29) is 5.92 Å². The van der Waals surface area contributed by atoms with Gasteiger partial charge < -0.3 is 14.2 Å². The van der Waals surface area contributed by atoms with Crippen molar-refractivity contribution in [3.8, 4) is 0 Å². The van der Waals surface area contributed by atoms with Crippen LogP contribution in [0, 0.1) is 17.6 Å². The molecule has 1 aromatic carbocycles. The molecular weight excluding hydrogens is 314 g/mol. The number of unbranched alkanes of at least 4 members (excludes halogenated alkanes) is 1. The zero-order chi connectivity index (χ0) is 18.0. The van der Waals surface area contributed by atoms with Gasteiger partial charge in [-0.05, 0) is 51.7 Å². The van der Waals surface area contributed by atoms with Crippen molar-refractivity contribution in [2.75, 3.05) is 19.8 Å². The number of rotatable bonds is 12. The maximum absolute atomic E-state index is 13.6. The van der Waals surface area contributed by atoms with Crippen molar-refractivity contribution < 1.29 is 23.0 Å². The van der Waals surface area contributed by atoms with Crippen LogP contribution in [0.15, 0.2) is 18.2 Å². The Balaban J connectivity index is 2.53. The Morgan fingerprint density at radius 1 is 0.958 bits per heavy atom. The Bertz CT molecular complexity index is 463. The van der Waals surface area contributed by atoms with Gasteiger partial charge in [0, 0.05) is 31.8 Å². The lowest BCUT2D eigenvalue weighted by atomic mass is 9.98. The van der Waals surface area contributed by atoms with Crippen molar-refractivity contribution in [1.29, 1.82) is 0 Å². The topological polar surface area (TPSA) is 27.7 Å². The molecule has 0 fully saturated rings. The molecule has 0 spiro atoms. The minimum Gasteiger partial charge on any atom is -0.328 e. The third-order valence-electron chi connectivity index (χ3n) is 3.99. The van der Waals surface area contributed by atoms with Crippen LogP contribution in [0.5, 0.6) is 0 Å². The minimum atomic E-state index is -1.01. The summed E-state index contributed by atoms with van der Waals surface area (Å²) >= 11 is 0. The zero-order valence-electron chi connectivity index (χ0n) is 15.2. The van der Waals surface area contributed by atoms with E-state index < -0.39 is 17.6 Å². The van der Waals surface area contributed by atoms with E-state index in [0.717, 1.165) is 25.3 Å². The maximum atomic E-state index is 13.6. The second kappa shape index (κ2) is 10.7. The smallest absolute Gasteiger partial charge is 0.285 e. The van der Waals surface area contributed by atoms with E-state index in [1.807, 2.05) is 27.7 Å². The molecule has 0 aromatic heterocycles. The van der Waals surface area contributed by atoms with E-state index in [0.29, 0.717) is 31.8 Å². The number of aryl methyl sites for hydroxylation is 1. The van der Waals surface area contributed by atoms with Crippen LogP contribution in [0.4, 0.5) is 8.78 Å². The number of hydrogen-bond donors (Lipinski definition) is 0. The van der Waals surface area contributed by atoms with E-state index >= 15 is 0 Å². The lowest BCUT2D eigenvalue weighted by molar-refractivity contribution is -0.400.